The molecular weight excluding hydrogens is 224 g/mol. The van der Waals surface area contributed by atoms with Crippen LogP contribution in [-0.4, -0.2) is 49.3 Å². The highest BCUT2D eigenvalue weighted by Crippen LogP contribution is 2.18. The zero-order valence-electron chi connectivity index (χ0n) is 13.0. The average molecular weight is 256 g/mol. The molecule has 1 aliphatic rings. The summed E-state index contributed by atoms with van der Waals surface area (Å²) >= 11 is 0. The quantitative estimate of drug-likeness (QED) is 0.791. The van der Waals surface area contributed by atoms with Crippen LogP contribution in [0.5, 0.6) is 0 Å². The number of ether oxygens (including phenoxy) is 1. The van der Waals surface area contributed by atoms with Gasteiger partial charge in [-0.3, -0.25) is 4.90 Å². The molecule has 1 rings (SSSR count). The van der Waals surface area contributed by atoms with E-state index in [1.54, 1.807) is 0 Å². The molecule has 108 valence electrons. The standard InChI is InChI=1S/C15H32N2O/c1-6-7-14(12-16-15(2,3)4)17(5)13-8-10-18-11-9-13/h13-14,16H,6-12H2,1-5H3. The van der Waals surface area contributed by atoms with Crippen LogP contribution in [0.3, 0.4) is 0 Å². The van der Waals surface area contributed by atoms with Crippen molar-refractivity contribution in [1.82, 2.24) is 10.2 Å². The van der Waals surface area contributed by atoms with Crippen molar-refractivity contribution in [3.63, 3.8) is 0 Å². The maximum Gasteiger partial charge on any atom is 0.0480 e. The Morgan fingerprint density at radius 2 is 1.89 bits per heavy atom. The Labute approximate surface area is 113 Å². The largest absolute Gasteiger partial charge is 0.381 e. The Morgan fingerprint density at radius 1 is 1.28 bits per heavy atom. The molecule has 0 aliphatic carbocycles. The number of likely N-dealkylation sites (N-methyl/N-ethyl adjacent to an activating group) is 1. The van der Waals surface area contributed by atoms with Crippen LogP contribution in [-0.2, 0) is 4.74 Å². The Kier molecular flexibility index (Phi) is 6.61. The smallest absolute Gasteiger partial charge is 0.0480 e. The highest BCUT2D eigenvalue weighted by Gasteiger charge is 2.25. The lowest BCUT2D eigenvalue weighted by atomic mass is 10.0. The minimum Gasteiger partial charge on any atom is -0.381 e. The van der Waals surface area contributed by atoms with Crippen LogP contribution < -0.4 is 5.32 Å². The van der Waals surface area contributed by atoms with E-state index in [1.165, 1.54) is 25.7 Å². The fourth-order valence-corrected chi connectivity index (χ4v) is 2.60. The van der Waals surface area contributed by atoms with Gasteiger partial charge in [0.1, 0.15) is 0 Å². The first-order valence-electron chi connectivity index (χ1n) is 7.48. The second-order valence-corrected chi connectivity index (χ2v) is 6.58. The number of nitrogens with zero attached hydrogens (tertiary/aromatic N) is 1. The third-order valence-electron chi connectivity index (χ3n) is 3.83. The van der Waals surface area contributed by atoms with Crippen molar-refractivity contribution in [2.45, 2.75) is 71.0 Å². The lowest BCUT2D eigenvalue weighted by molar-refractivity contribution is 0.0260. The number of hydrogen-bond donors (Lipinski definition) is 1. The molecular formula is C15H32N2O. The van der Waals surface area contributed by atoms with E-state index < -0.39 is 0 Å². The maximum atomic E-state index is 5.46. The van der Waals surface area contributed by atoms with Crippen LogP contribution in [0.25, 0.3) is 0 Å². The third kappa shape index (κ3) is 5.68. The lowest BCUT2D eigenvalue weighted by Gasteiger charge is -2.38. The first kappa shape index (κ1) is 15.9. The van der Waals surface area contributed by atoms with Gasteiger partial charge in [-0.05, 0) is 47.1 Å². The average Bonchev–Trinajstić information content (AvgIpc) is 2.33. The van der Waals surface area contributed by atoms with Crippen molar-refractivity contribution in [3.05, 3.63) is 0 Å². The summed E-state index contributed by atoms with van der Waals surface area (Å²) in [5, 5.41) is 3.65. The van der Waals surface area contributed by atoms with Crippen LogP contribution in [0.2, 0.25) is 0 Å². The summed E-state index contributed by atoms with van der Waals surface area (Å²) in [7, 11) is 2.29. The van der Waals surface area contributed by atoms with Gasteiger partial charge in [0.15, 0.2) is 0 Å². The van der Waals surface area contributed by atoms with Gasteiger partial charge in [-0.2, -0.15) is 0 Å². The molecule has 0 amide bonds. The van der Waals surface area contributed by atoms with E-state index in [2.05, 4.69) is 45.0 Å². The second-order valence-electron chi connectivity index (χ2n) is 6.58. The molecule has 18 heavy (non-hydrogen) atoms. The minimum absolute atomic E-state index is 0.211. The monoisotopic (exact) mass is 256 g/mol. The summed E-state index contributed by atoms with van der Waals surface area (Å²) in [6, 6.07) is 1.36. The fourth-order valence-electron chi connectivity index (χ4n) is 2.60. The fraction of sp³-hybridized carbons (Fsp3) is 1.00. The van der Waals surface area contributed by atoms with Gasteiger partial charge in [0.2, 0.25) is 0 Å². The van der Waals surface area contributed by atoms with Crippen LogP contribution in [0.15, 0.2) is 0 Å². The Bertz CT molecular complexity index is 219. The summed E-state index contributed by atoms with van der Waals surface area (Å²) in [6.45, 7) is 12.0. The molecule has 0 spiro atoms. The Balaban J connectivity index is 2.48. The van der Waals surface area contributed by atoms with Gasteiger partial charge < -0.3 is 10.1 Å². The van der Waals surface area contributed by atoms with Crippen molar-refractivity contribution in [2.75, 3.05) is 26.8 Å². The Hall–Kier alpha value is -0.120. The van der Waals surface area contributed by atoms with E-state index in [0.717, 1.165) is 19.8 Å². The van der Waals surface area contributed by atoms with Crippen molar-refractivity contribution in [1.29, 1.82) is 0 Å². The summed E-state index contributed by atoms with van der Waals surface area (Å²) in [5.74, 6) is 0. The third-order valence-corrected chi connectivity index (χ3v) is 3.83. The summed E-state index contributed by atoms with van der Waals surface area (Å²) in [6.07, 6.45) is 4.90. The molecule has 1 fully saturated rings. The van der Waals surface area contributed by atoms with Crippen molar-refractivity contribution >= 4 is 0 Å². The highest BCUT2D eigenvalue weighted by molar-refractivity contribution is 4.82. The van der Waals surface area contributed by atoms with E-state index >= 15 is 0 Å². The second kappa shape index (κ2) is 7.46. The van der Waals surface area contributed by atoms with E-state index in [1.807, 2.05) is 0 Å². The van der Waals surface area contributed by atoms with E-state index in [4.69, 9.17) is 4.74 Å². The molecule has 1 aliphatic heterocycles. The molecule has 1 heterocycles. The topological polar surface area (TPSA) is 24.5 Å². The highest BCUT2D eigenvalue weighted by atomic mass is 16.5. The summed E-state index contributed by atoms with van der Waals surface area (Å²) in [4.78, 5) is 2.59. The maximum absolute atomic E-state index is 5.46. The SMILES string of the molecule is CCCC(CNC(C)(C)C)N(C)C1CCOCC1. The van der Waals surface area contributed by atoms with Crippen molar-refractivity contribution < 1.29 is 4.74 Å². The molecule has 0 radical (unpaired) electrons. The molecule has 3 nitrogen and oxygen atoms in total. The zero-order chi connectivity index (χ0) is 13.6. The van der Waals surface area contributed by atoms with Crippen molar-refractivity contribution in [3.8, 4) is 0 Å². The Morgan fingerprint density at radius 3 is 2.39 bits per heavy atom. The predicted octanol–water partition coefficient (Wildman–Crippen LogP) is 2.65. The van der Waals surface area contributed by atoms with E-state index in [9.17, 15) is 0 Å². The molecule has 1 saturated heterocycles. The number of nitrogens with one attached hydrogen (secondary N) is 1. The molecule has 1 atom stereocenters. The van der Waals surface area contributed by atoms with Gasteiger partial charge in [0, 0.05) is 37.4 Å². The van der Waals surface area contributed by atoms with Gasteiger partial charge in [0.05, 0.1) is 0 Å². The first-order valence-corrected chi connectivity index (χ1v) is 7.48. The molecule has 0 aromatic carbocycles. The molecule has 0 aromatic heterocycles. The number of hydrogen-bond acceptors (Lipinski definition) is 3. The molecule has 1 unspecified atom stereocenters. The molecule has 3 heteroatoms. The van der Waals surface area contributed by atoms with Crippen LogP contribution in [0.1, 0.15) is 53.4 Å². The molecule has 0 saturated carbocycles. The number of rotatable bonds is 6. The minimum atomic E-state index is 0.211. The molecule has 1 N–H and O–H groups in total. The summed E-state index contributed by atoms with van der Waals surface area (Å²) < 4.78 is 5.46. The zero-order valence-corrected chi connectivity index (χ0v) is 13.0. The van der Waals surface area contributed by atoms with Gasteiger partial charge in [-0.25, -0.2) is 0 Å². The summed E-state index contributed by atoms with van der Waals surface area (Å²) in [5.41, 5.74) is 0.211. The van der Waals surface area contributed by atoms with Gasteiger partial charge in [-0.15, -0.1) is 0 Å². The van der Waals surface area contributed by atoms with Crippen molar-refractivity contribution in [2.24, 2.45) is 0 Å². The van der Waals surface area contributed by atoms with Crippen LogP contribution in [0.4, 0.5) is 0 Å². The molecule has 0 aromatic rings. The van der Waals surface area contributed by atoms with Crippen LogP contribution in [0, 0.1) is 0 Å². The van der Waals surface area contributed by atoms with Crippen LogP contribution >= 0.6 is 0 Å². The normalized spacial score (nSPS) is 20.3. The van der Waals surface area contributed by atoms with Gasteiger partial charge >= 0.3 is 0 Å². The molecule has 0 bridgehead atoms. The van der Waals surface area contributed by atoms with E-state index in [-0.39, 0.29) is 5.54 Å². The van der Waals surface area contributed by atoms with Gasteiger partial charge in [0.25, 0.3) is 0 Å². The predicted molar refractivity (Wildman–Crippen MR) is 78.1 cm³/mol. The first-order chi connectivity index (χ1) is 8.44. The van der Waals surface area contributed by atoms with Gasteiger partial charge in [-0.1, -0.05) is 13.3 Å². The lowest BCUT2D eigenvalue weighted by Crippen LogP contribution is -2.50. The van der Waals surface area contributed by atoms with E-state index in [0.29, 0.717) is 12.1 Å².